The third-order valence-corrected chi connectivity index (χ3v) is 5.47. The van der Waals surface area contributed by atoms with Gasteiger partial charge in [-0.2, -0.15) is 5.10 Å². The van der Waals surface area contributed by atoms with Gasteiger partial charge in [-0.3, -0.25) is 9.48 Å². The van der Waals surface area contributed by atoms with Crippen LogP contribution in [0.15, 0.2) is 54.6 Å². The van der Waals surface area contributed by atoms with Gasteiger partial charge in [0.15, 0.2) is 0 Å². The molecule has 2 aromatic carbocycles. The second kappa shape index (κ2) is 8.49. The highest BCUT2D eigenvalue weighted by molar-refractivity contribution is 5.94. The molecule has 0 atom stereocenters. The molecule has 1 aliphatic rings. The number of methoxy groups -OCH3 is 2. The zero-order chi connectivity index (χ0) is 21.1. The van der Waals surface area contributed by atoms with E-state index >= 15 is 0 Å². The van der Waals surface area contributed by atoms with Gasteiger partial charge in [-0.05, 0) is 42.5 Å². The molecule has 0 bridgehead atoms. The first kappa shape index (κ1) is 19.8. The highest BCUT2D eigenvalue weighted by Crippen LogP contribution is 2.25. The average Bonchev–Trinajstić information content (AvgIpc) is 3.20. The number of carbonyl (C=O) groups excluding carboxylic acids is 1. The highest BCUT2D eigenvalue weighted by atomic mass is 16.5. The summed E-state index contributed by atoms with van der Waals surface area (Å²) in [6.45, 7) is 2.92. The molecule has 156 valence electrons. The predicted octanol–water partition coefficient (Wildman–Crippen LogP) is 3.07. The summed E-state index contributed by atoms with van der Waals surface area (Å²) in [5.74, 6) is 1.62. The van der Waals surface area contributed by atoms with Crippen LogP contribution in [0.2, 0.25) is 0 Å². The summed E-state index contributed by atoms with van der Waals surface area (Å²) < 4.78 is 12.2. The van der Waals surface area contributed by atoms with E-state index in [0.717, 1.165) is 41.5 Å². The summed E-state index contributed by atoms with van der Waals surface area (Å²) in [4.78, 5) is 17.3. The van der Waals surface area contributed by atoms with E-state index in [0.29, 0.717) is 18.8 Å². The second-order valence-corrected chi connectivity index (χ2v) is 7.25. The Morgan fingerprint density at radius 2 is 1.60 bits per heavy atom. The van der Waals surface area contributed by atoms with Gasteiger partial charge in [0.25, 0.3) is 5.91 Å². The topological polar surface area (TPSA) is 59.8 Å². The molecule has 1 amide bonds. The Labute approximate surface area is 176 Å². The van der Waals surface area contributed by atoms with Gasteiger partial charge in [-0.25, -0.2) is 0 Å². The van der Waals surface area contributed by atoms with Gasteiger partial charge in [0.05, 0.1) is 19.9 Å². The number of rotatable bonds is 5. The van der Waals surface area contributed by atoms with Crippen molar-refractivity contribution in [2.75, 3.05) is 45.3 Å². The molecule has 7 heteroatoms. The number of aromatic nitrogens is 2. The van der Waals surface area contributed by atoms with E-state index in [4.69, 9.17) is 9.47 Å². The maximum absolute atomic E-state index is 13.1. The lowest BCUT2D eigenvalue weighted by Gasteiger charge is -2.36. The van der Waals surface area contributed by atoms with Crippen LogP contribution in [-0.2, 0) is 7.05 Å². The van der Waals surface area contributed by atoms with Crippen LogP contribution in [-0.4, -0.2) is 61.0 Å². The molecule has 0 unspecified atom stereocenters. The van der Waals surface area contributed by atoms with Crippen molar-refractivity contribution in [2.45, 2.75) is 0 Å². The predicted molar refractivity (Wildman–Crippen MR) is 116 cm³/mol. The first-order chi connectivity index (χ1) is 14.6. The fourth-order valence-electron chi connectivity index (χ4n) is 3.71. The maximum atomic E-state index is 13.1. The third kappa shape index (κ3) is 3.96. The van der Waals surface area contributed by atoms with E-state index in [1.165, 1.54) is 0 Å². The van der Waals surface area contributed by atoms with Crippen LogP contribution >= 0.6 is 0 Å². The first-order valence-corrected chi connectivity index (χ1v) is 9.96. The highest BCUT2D eigenvalue weighted by Gasteiger charge is 2.25. The molecule has 1 fully saturated rings. The number of benzene rings is 2. The summed E-state index contributed by atoms with van der Waals surface area (Å²) >= 11 is 0. The Hall–Kier alpha value is -3.48. The Morgan fingerprint density at radius 3 is 2.27 bits per heavy atom. The minimum Gasteiger partial charge on any atom is -0.497 e. The van der Waals surface area contributed by atoms with Gasteiger partial charge in [0.1, 0.15) is 17.2 Å². The zero-order valence-corrected chi connectivity index (χ0v) is 17.5. The monoisotopic (exact) mass is 406 g/mol. The molecule has 0 saturated carbocycles. The Balaban J connectivity index is 1.44. The van der Waals surface area contributed by atoms with Crippen LogP contribution in [0.4, 0.5) is 5.69 Å². The minimum atomic E-state index is 0.00790. The SMILES string of the molecule is COc1ccc(N2CCN(C(=O)c3cc(-c4cccc(OC)c4)nn3C)CC2)cc1. The van der Waals surface area contributed by atoms with Crippen molar-refractivity contribution in [1.82, 2.24) is 14.7 Å². The van der Waals surface area contributed by atoms with Crippen LogP contribution in [0.25, 0.3) is 11.3 Å². The Bertz CT molecular complexity index is 1020. The Kier molecular flexibility index (Phi) is 5.61. The van der Waals surface area contributed by atoms with Gasteiger partial charge in [-0.15, -0.1) is 0 Å². The lowest BCUT2D eigenvalue weighted by Crippen LogP contribution is -2.49. The van der Waals surface area contributed by atoms with Crippen molar-refractivity contribution in [3.05, 3.63) is 60.3 Å². The number of piperazine rings is 1. The number of hydrogen-bond donors (Lipinski definition) is 0. The average molecular weight is 406 g/mol. The molecular weight excluding hydrogens is 380 g/mol. The van der Waals surface area contributed by atoms with Gasteiger partial charge < -0.3 is 19.3 Å². The number of aryl methyl sites for hydroxylation is 1. The third-order valence-electron chi connectivity index (χ3n) is 5.47. The number of hydrogen-bond acceptors (Lipinski definition) is 5. The molecule has 1 aliphatic heterocycles. The summed E-state index contributed by atoms with van der Waals surface area (Å²) in [6, 6.07) is 17.6. The van der Waals surface area contributed by atoms with Crippen LogP contribution in [0, 0.1) is 0 Å². The summed E-state index contributed by atoms with van der Waals surface area (Å²) in [5, 5.41) is 4.54. The quantitative estimate of drug-likeness (QED) is 0.652. The largest absolute Gasteiger partial charge is 0.497 e. The maximum Gasteiger partial charge on any atom is 0.272 e. The fourth-order valence-corrected chi connectivity index (χ4v) is 3.71. The van der Waals surface area contributed by atoms with Crippen LogP contribution < -0.4 is 14.4 Å². The number of amides is 1. The van der Waals surface area contributed by atoms with Crippen molar-refractivity contribution >= 4 is 11.6 Å². The standard InChI is InChI=1S/C23H26N4O3/c1-25-22(16-21(24-25)17-5-4-6-20(15-17)30-3)23(28)27-13-11-26(12-14-27)18-7-9-19(29-2)10-8-18/h4-10,15-16H,11-14H2,1-3H3. The minimum absolute atomic E-state index is 0.00790. The van der Waals surface area contributed by atoms with E-state index < -0.39 is 0 Å². The molecule has 0 radical (unpaired) electrons. The molecule has 30 heavy (non-hydrogen) atoms. The van der Waals surface area contributed by atoms with Crippen molar-refractivity contribution in [1.29, 1.82) is 0 Å². The lowest BCUT2D eigenvalue weighted by molar-refractivity contribution is 0.0735. The van der Waals surface area contributed by atoms with E-state index in [2.05, 4.69) is 22.1 Å². The van der Waals surface area contributed by atoms with Gasteiger partial charge in [0.2, 0.25) is 0 Å². The number of anilines is 1. The summed E-state index contributed by atoms with van der Waals surface area (Å²) in [5.41, 5.74) is 3.42. The van der Waals surface area contributed by atoms with Gasteiger partial charge in [0, 0.05) is 44.5 Å². The normalized spacial score (nSPS) is 14.0. The van der Waals surface area contributed by atoms with Crippen LogP contribution in [0.3, 0.4) is 0 Å². The van der Waals surface area contributed by atoms with Crippen molar-refractivity contribution in [3.8, 4) is 22.8 Å². The van der Waals surface area contributed by atoms with E-state index in [1.54, 1.807) is 18.9 Å². The molecule has 0 aliphatic carbocycles. The molecule has 0 N–H and O–H groups in total. The van der Waals surface area contributed by atoms with Gasteiger partial charge in [-0.1, -0.05) is 12.1 Å². The molecule has 4 rings (SSSR count). The number of nitrogens with zero attached hydrogens (tertiary/aromatic N) is 4. The zero-order valence-electron chi connectivity index (χ0n) is 17.5. The molecule has 2 heterocycles. The van der Waals surface area contributed by atoms with Crippen molar-refractivity contribution < 1.29 is 14.3 Å². The summed E-state index contributed by atoms with van der Waals surface area (Å²) in [7, 11) is 5.11. The molecule has 1 aromatic heterocycles. The summed E-state index contributed by atoms with van der Waals surface area (Å²) in [6.07, 6.45) is 0. The number of carbonyl (C=O) groups is 1. The van der Waals surface area contributed by atoms with Gasteiger partial charge >= 0.3 is 0 Å². The van der Waals surface area contributed by atoms with Crippen molar-refractivity contribution in [2.24, 2.45) is 7.05 Å². The second-order valence-electron chi connectivity index (χ2n) is 7.25. The van der Waals surface area contributed by atoms with Crippen LogP contribution in [0.5, 0.6) is 11.5 Å². The van der Waals surface area contributed by atoms with Crippen molar-refractivity contribution in [3.63, 3.8) is 0 Å². The number of ether oxygens (including phenoxy) is 2. The lowest BCUT2D eigenvalue weighted by atomic mass is 10.1. The molecular formula is C23H26N4O3. The fraction of sp³-hybridized carbons (Fsp3) is 0.304. The van der Waals surface area contributed by atoms with E-state index in [9.17, 15) is 4.79 Å². The first-order valence-electron chi connectivity index (χ1n) is 9.96. The van der Waals surface area contributed by atoms with E-state index in [1.807, 2.05) is 54.4 Å². The smallest absolute Gasteiger partial charge is 0.272 e. The molecule has 0 spiro atoms. The molecule has 1 saturated heterocycles. The Morgan fingerprint density at radius 1 is 0.900 bits per heavy atom. The molecule has 7 nitrogen and oxygen atoms in total. The van der Waals surface area contributed by atoms with E-state index in [-0.39, 0.29) is 5.91 Å². The van der Waals surface area contributed by atoms with Crippen LogP contribution in [0.1, 0.15) is 10.5 Å². The molecule has 3 aromatic rings.